The van der Waals surface area contributed by atoms with Gasteiger partial charge in [0.05, 0.1) is 0 Å². The molecule has 1 saturated heterocycles. The fourth-order valence-electron chi connectivity index (χ4n) is 3.13. The molecule has 1 aromatic carbocycles. The number of hydrogen-bond donors (Lipinski definition) is 1. The number of benzene rings is 1. The van der Waals surface area contributed by atoms with Gasteiger partial charge in [-0.2, -0.15) is 5.10 Å². The first-order chi connectivity index (χ1) is 12.5. The Hall–Kier alpha value is -2.83. The van der Waals surface area contributed by atoms with Crippen LogP contribution in [0.4, 0.5) is 10.5 Å². The second kappa shape index (κ2) is 7.59. The van der Waals surface area contributed by atoms with Crippen molar-refractivity contribution in [1.29, 1.82) is 0 Å². The molecule has 0 atom stereocenters. The summed E-state index contributed by atoms with van der Waals surface area (Å²) in [4.78, 5) is 28.8. The number of carbonyl (C=O) groups is 2. The van der Waals surface area contributed by atoms with Crippen LogP contribution in [0, 0.1) is 13.8 Å². The van der Waals surface area contributed by atoms with Crippen LogP contribution in [0.1, 0.15) is 28.0 Å². The van der Waals surface area contributed by atoms with E-state index < -0.39 is 0 Å². The summed E-state index contributed by atoms with van der Waals surface area (Å²) in [6.45, 7) is 6.28. The van der Waals surface area contributed by atoms with E-state index in [1.54, 1.807) is 33.8 Å². The summed E-state index contributed by atoms with van der Waals surface area (Å²) in [5.41, 5.74) is 3.54. The van der Waals surface area contributed by atoms with Gasteiger partial charge >= 0.3 is 6.03 Å². The number of nitrogens with zero attached hydrogens (tertiary/aromatic N) is 4. The van der Waals surface area contributed by atoms with E-state index in [1.807, 2.05) is 32.0 Å². The lowest BCUT2D eigenvalue weighted by molar-refractivity contribution is 0.0751. The second-order valence-corrected chi connectivity index (χ2v) is 6.72. The number of nitrogens with one attached hydrogen (secondary N) is 1. The van der Waals surface area contributed by atoms with Crippen LogP contribution in [0.2, 0.25) is 0 Å². The Kier molecular flexibility index (Phi) is 5.25. The zero-order valence-electron chi connectivity index (χ0n) is 15.5. The first-order valence-electron chi connectivity index (χ1n) is 8.86. The maximum atomic E-state index is 12.6. The van der Waals surface area contributed by atoms with Crippen LogP contribution in [0.15, 0.2) is 30.5 Å². The highest BCUT2D eigenvalue weighted by Gasteiger charge is 2.24. The van der Waals surface area contributed by atoms with E-state index in [1.165, 1.54) is 0 Å². The summed E-state index contributed by atoms with van der Waals surface area (Å²) < 4.78 is 1.58. The average molecular weight is 355 g/mol. The minimum atomic E-state index is -0.117. The average Bonchev–Trinajstić information content (AvgIpc) is 2.89. The lowest BCUT2D eigenvalue weighted by Crippen LogP contribution is -2.39. The Labute approximate surface area is 153 Å². The molecule has 3 amide bonds. The van der Waals surface area contributed by atoms with E-state index in [4.69, 9.17) is 0 Å². The lowest BCUT2D eigenvalue weighted by Gasteiger charge is -2.23. The monoisotopic (exact) mass is 355 g/mol. The van der Waals surface area contributed by atoms with Crippen molar-refractivity contribution in [1.82, 2.24) is 19.6 Å². The SMILES string of the molecule is Cc1ccc(C)c(NC(=O)N2CCCN(C(=O)c3ccnn3C)CC2)c1. The largest absolute Gasteiger partial charge is 0.335 e. The summed E-state index contributed by atoms with van der Waals surface area (Å²) in [6.07, 6.45) is 2.37. The molecule has 0 bridgehead atoms. The van der Waals surface area contributed by atoms with E-state index >= 15 is 0 Å². The minimum Gasteiger partial charge on any atom is -0.335 e. The second-order valence-electron chi connectivity index (χ2n) is 6.72. The fraction of sp³-hybridized carbons (Fsp3) is 0.421. The normalized spacial score (nSPS) is 14.9. The van der Waals surface area contributed by atoms with Crippen molar-refractivity contribution < 1.29 is 9.59 Å². The third kappa shape index (κ3) is 3.87. The van der Waals surface area contributed by atoms with Crippen molar-refractivity contribution in [2.45, 2.75) is 20.3 Å². The van der Waals surface area contributed by atoms with Crippen LogP contribution in [-0.4, -0.2) is 57.7 Å². The molecule has 0 radical (unpaired) electrons. The Bertz CT molecular complexity index is 814. The molecule has 0 aliphatic carbocycles. The molecular weight excluding hydrogens is 330 g/mol. The molecule has 1 aromatic heterocycles. The van der Waals surface area contributed by atoms with Gasteiger partial charge in [0.15, 0.2) is 0 Å². The quantitative estimate of drug-likeness (QED) is 0.899. The Morgan fingerprint density at radius 3 is 2.50 bits per heavy atom. The van der Waals surface area contributed by atoms with Crippen molar-refractivity contribution in [3.63, 3.8) is 0 Å². The van der Waals surface area contributed by atoms with Crippen molar-refractivity contribution in [2.24, 2.45) is 7.05 Å². The summed E-state index contributed by atoms with van der Waals surface area (Å²) in [7, 11) is 1.76. The van der Waals surface area contributed by atoms with Gasteiger partial charge in [0.1, 0.15) is 5.69 Å². The van der Waals surface area contributed by atoms with Gasteiger partial charge in [-0.1, -0.05) is 12.1 Å². The molecule has 1 aliphatic heterocycles. The van der Waals surface area contributed by atoms with Crippen LogP contribution >= 0.6 is 0 Å². The third-order valence-corrected chi connectivity index (χ3v) is 4.75. The van der Waals surface area contributed by atoms with Gasteiger partial charge in [0, 0.05) is 45.1 Å². The standard InChI is InChI=1S/C19H25N5O2/c1-14-5-6-15(2)16(13-14)21-19(26)24-10-4-9-23(11-12-24)18(25)17-7-8-20-22(17)3/h5-8,13H,4,9-12H2,1-3H3,(H,21,26). The van der Waals surface area contributed by atoms with Gasteiger partial charge in [-0.25, -0.2) is 4.79 Å². The molecular formula is C19H25N5O2. The number of urea groups is 1. The van der Waals surface area contributed by atoms with Crippen molar-refractivity contribution in [3.05, 3.63) is 47.3 Å². The van der Waals surface area contributed by atoms with Gasteiger partial charge in [0.2, 0.25) is 0 Å². The van der Waals surface area contributed by atoms with Crippen LogP contribution in [0.25, 0.3) is 0 Å². The molecule has 7 heteroatoms. The number of rotatable bonds is 2. The smallest absolute Gasteiger partial charge is 0.321 e. The highest BCUT2D eigenvalue weighted by molar-refractivity contribution is 5.93. The van der Waals surface area contributed by atoms with Gasteiger partial charge < -0.3 is 15.1 Å². The molecule has 2 heterocycles. The zero-order chi connectivity index (χ0) is 18.7. The van der Waals surface area contributed by atoms with Crippen LogP contribution in [-0.2, 0) is 7.05 Å². The lowest BCUT2D eigenvalue weighted by atomic mass is 10.1. The number of hydrogen-bond acceptors (Lipinski definition) is 3. The number of anilines is 1. The molecule has 0 saturated carbocycles. The maximum Gasteiger partial charge on any atom is 0.321 e. The highest BCUT2D eigenvalue weighted by Crippen LogP contribution is 2.17. The number of amides is 3. The third-order valence-electron chi connectivity index (χ3n) is 4.75. The molecule has 0 unspecified atom stereocenters. The Morgan fingerprint density at radius 1 is 1.04 bits per heavy atom. The van der Waals surface area contributed by atoms with Crippen LogP contribution in [0.3, 0.4) is 0 Å². The van der Waals surface area contributed by atoms with Gasteiger partial charge in [-0.05, 0) is 43.5 Å². The summed E-state index contributed by atoms with van der Waals surface area (Å²) in [6, 6.07) is 7.61. The molecule has 138 valence electrons. The maximum absolute atomic E-state index is 12.6. The van der Waals surface area contributed by atoms with E-state index in [9.17, 15) is 9.59 Å². The van der Waals surface area contributed by atoms with Gasteiger partial charge in [0.25, 0.3) is 5.91 Å². The van der Waals surface area contributed by atoms with E-state index in [-0.39, 0.29) is 11.9 Å². The zero-order valence-corrected chi connectivity index (χ0v) is 15.5. The molecule has 1 N–H and O–H groups in total. The fourth-order valence-corrected chi connectivity index (χ4v) is 3.13. The van der Waals surface area contributed by atoms with E-state index in [2.05, 4.69) is 10.4 Å². The highest BCUT2D eigenvalue weighted by atomic mass is 16.2. The Morgan fingerprint density at radius 2 is 1.77 bits per heavy atom. The summed E-state index contributed by atoms with van der Waals surface area (Å²) in [5, 5.41) is 7.05. The van der Waals surface area contributed by atoms with Gasteiger partial charge in [-0.3, -0.25) is 9.48 Å². The van der Waals surface area contributed by atoms with Crippen molar-refractivity contribution >= 4 is 17.6 Å². The molecule has 1 fully saturated rings. The summed E-state index contributed by atoms with van der Waals surface area (Å²) >= 11 is 0. The first-order valence-corrected chi connectivity index (χ1v) is 8.86. The van der Waals surface area contributed by atoms with Crippen molar-refractivity contribution in [3.8, 4) is 0 Å². The summed E-state index contributed by atoms with van der Waals surface area (Å²) in [5.74, 6) is -0.0400. The van der Waals surface area contributed by atoms with Gasteiger partial charge in [-0.15, -0.1) is 0 Å². The molecule has 7 nitrogen and oxygen atoms in total. The number of aromatic nitrogens is 2. The molecule has 3 rings (SSSR count). The predicted octanol–water partition coefficient (Wildman–Crippen LogP) is 2.42. The van der Waals surface area contributed by atoms with E-state index in [0.29, 0.717) is 31.9 Å². The molecule has 1 aliphatic rings. The molecule has 2 aromatic rings. The topological polar surface area (TPSA) is 70.5 Å². The number of carbonyl (C=O) groups excluding carboxylic acids is 2. The van der Waals surface area contributed by atoms with Crippen LogP contribution < -0.4 is 5.32 Å². The first kappa shape index (κ1) is 18.0. The predicted molar refractivity (Wildman–Crippen MR) is 100 cm³/mol. The molecule has 0 spiro atoms. The molecule has 26 heavy (non-hydrogen) atoms. The Balaban J connectivity index is 1.63. The van der Waals surface area contributed by atoms with E-state index in [0.717, 1.165) is 23.2 Å². The van der Waals surface area contributed by atoms with Crippen molar-refractivity contribution in [2.75, 3.05) is 31.5 Å². The van der Waals surface area contributed by atoms with Crippen LogP contribution in [0.5, 0.6) is 0 Å². The number of aryl methyl sites for hydroxylation is 3. The minimum absolute atomic E-state index is 0.0400.